The van der Waals surface area contributed by atoms with E-state index in [1.54, 1.807) is 23.2 Å². The van der Waals surface area contributed by atoms with Gasteiger partial charge in [-0.1, -0.05) is 48.0 Å². The molecule has 0 spiro atoms. The predicted molar refractivity (Wildman–Crippen MR) is 127 cm³/mol. The highest BCUT2D eigenvalue weighted by atomic mass is 35.5. The Morgan fingerprint density at radius 2 is 1.69 bits per heavy atom. The first-order chi connectivity index (χ1) is 15.4. The molecule has 166 valence electrons. The van der Waals surface area contributed by atoms with E-state index in [1.807, 2.05) is 66.7 Å². The number of aryl methyl sites for hydroxylation is 2. The smallest absolute Gasteiger partial charge is 0.328 e. The fourth-order valence-corrected chi connectivity index (χ4v) is 3.89. The minimum Gasteiger partial charge on any atom is -0.491 e. The number of aliphatic hydroxyl groups excluding tert-OH is 1. The summed E-state index contributed by atoms with van der Waals surface area (Å²) in [6, 6.07) is 21.1. The first-order valence-electron chi connectivity index (χ1n) is 10.4. The maximum Gasteiger partial charge on any atom is 0.328 e. The van der Waals surface area contributed by atoms with E-state index in [0.29, 0.717) is 24.4 Å². The lowest BCUT2D eigenvalue weighted by Gasteiger charge is -2.14. The molecule has 2 N–H and O–H groups in total. The highest BCUT2D eigenvalue weighted by molar-refractivity contribution is 6.31. The van der Waals surface area contributed by atoms with E-state index >= 15 is 0 Å². The van der Waals surface area contributed by atoms with E-state index in [9.17, 15) is 9.90 Å². The van der Waals surface area contributed by atoms with Crippen molar-refractivity contribution in [1.29, 1.82) is 0 Å². The summed E-state index contributed by atoms with van der Waals surface area (Å²) in [5, 5.41) is 14.7. The Kier molecular flexibility index (Phi) is 6.65. The van der Waals surface area contributed by atoms with Crippen LogP contribution >= 0.6 is 11.6 Å². The van der Waals surface area contributed by atoms with Crippen molar-refractivity contribution in [3.05, 3.63) is 98.9 Å². The lowest BCUT2D eigenvalue weighted by atomic mass is 10.1. The van der Waals surface area contributed by atoms with E-state index in [4.69, 9.17) is 16.3 Å². The van der Waals surface area contributed by atoms with Crippen LogP contribution in [0.25, 0.3) is 11.0 Å². The standard InChI is InChI=1S/C25H26ClN3O3/c1-28-22-12-9-18(13-23(22)29(2)25(28)31)24(30)16-32-20-10-7-17(8-11-20)14-27-15-19-5-3-4-6-21(19)26/h3-13,24,27,30H,14-16H2,1-2H3/t24-/m1/s1. The largest absolute Gasteiger partial charge is 0.491 e. The Labute approximate surface area is 191 Å². The summed E-state index contributed by atoms with van der Waals surface area (Å²) >= 11 is 6.18. The summed E-state index contributed by atoms with van der Waals surface area (Å²) in [4.78, 5) is 12.1. The molecule has 1 heterocycles. The minimum atomic E-state index is -0.799. The van der Waals surface area contributed by atoms with Gasteiger partial charge in [-0.3, -0.25) is 9.13 Å². The number of nitrogens with one attached hydrogen (secondary N) is 1. The van der Waals surface area contributed by atoms with Gasteiger partial charge in [0.05, 0.1) is 11.0 Å². The van der Waals surface area contributed by atoms with Gasteiger partial charge in [0.1, 0.15) is 18.5 Å². The van der Waals surface area contributed by atoms with Gasteiger partial charge in [-0.05, 0) is 47.0 Å². The first kappa shape index (κ1) is 22.1. The molecule has 6 nitrogen and oxygen atoms in total. The number of aliphatic hydroxyl groups is 1. The van der Waals surface area contributed by atoms with Crippen LogP contribution in [0.4, 0.5) is 0 Å². The molecule has 0 saturated heterocycles. The Hall–Kier alpha value is -3.06. The zero-order valence-electron chi connectivity index (χ0n) is 18.1. The monoisotopic (exact) mass is 451 g/mol. The molecule has 0 fully saturated rings. The van der Waals surface area contributed by atoms with E-state index in [1.165, 1.54) is 0 Å². The van der Waals surface area contributed by atoms with Crippen LogP contribution in [0.5, 0.6) is 5.75 Å². The second-order valence-electron chi connectivity index (χ2n) is 7.81. The van der Waals surface area contributed by atoms with E-state index in [-0.39, 0.29) is 12.3 Å². The molecule has 4 aromatic rings. The fraction of sp³-hybridized carbons (Fsp3) is 0.240. The van der Waals surface area contributed by atoms with Crippen LogP contribution in [0.1, 0.15) is 22.8 Å². The summed E-state index contributed by atoms with van der Waals surface area (Å²) in [5.74, 6) is 0.687. The molecular formula is C25H26ClN3O3. The number of ether oxygens (including phenoxy) is 1. The molecule has 32 heavy (non-hydrogen) atoms. The molecular weight excluding hydrogens is 426 g/mol. The first-order valence-corrected chi connectivity index (χ1v) is 10.8. The normalized spacial score (nSPS) is 12.2. The second-order valence-corrected chi connectivity index (χ2v) is 8.22. The predicted octanol–water partition coefficient (Wildman–Crippen LogP) is 3.93. The SMILES string of the molecule is Cn1c(=O)n(C)c2cc([C@H](O)COc3ccc(CNCc4ccccc4Cl)cc3)ccc21. The Morgan fingerprint density at radius 1 is 0.969 bits per heavy atom. The van der Waals surface area contributed by atoms with Gasteiger partial charge in [0, 0.05) is 32.2 Å². The third-order valence-electron chi connectivity index (χ3n) is 5.61. The van der Waals surface area contributed by atoms with Crippen molar-refractivity contribution in [1.82, 2.24) is 14.5 Å². The molecule has 0 radical (unpaired) electrons. The Balaban J connectivity index is 1.32. The van der Waals surface area contributed by atoms with Gasteiger partial charge in [0.25, 0.3) is 0 Å². The van der Waals surface area contributed by atoms with Crippen LogP contribution in [-0.4, -0.2) is 20.8 Å². The van der Waals surface area contributed by atoms with Crippen molar-refractivity contribution in [3.63, 3.8) is 0 Å². The van der Waals surface area contributed by atoms with Crippen LogP contribution in [0.15, 0.2) is 71.5 Å². The number of aromatic nitrogens is 2. The molecule has 0 amide bonds. The highest BCUT2D eigenvalue weighted by Crippen LogP contribution is 2.21. The second kappa shape index (κ2) is 9.61. The molecule has 0 aliphatic heterocycles. The van der Waals surface area contributed by atoms with Crippen molar-refractivity contribution >= 4 is 22.6 Å². The molecule has 1 aromatic heterocycles. The summed E-state index contributed by atoms with van der Waals surface area (Å²) < 4.78 is 8.94. The molecule has 4 rings (SSSR count). The lowest BCUT2D eigenvalue weighted by Crippen LogP contribution is -2.19. The van der Waals surface area contributed by atoms with Gasteiger partial charge in [0.15, 0.2) is 0 Å². The molecule has 0 unspecified atom stereocenters. The number of halogens is 1. The number of benzene rings is 3. The van der Waals surface area contributed by atoms with Crippen LogP contribution < -0.4 is 15.7 Å². The van der Waals surface area contributed by atoms with Gasteiger partial charge in [0.2, 0.25) is 0 Å². The lowest BCUT2D eigenvalue weighted by molar-refractivity contribution is 0.108. The van der Waals surface area contributed by atoms with Crippen molar-refractivity contribution in [2.75, 3.05) is 6.61 Å². The number of fused-ring (bicyclic) bond motifs is 1. The number of imidazole rings is 1. The molecule has 0 saturated carbocycles. The van der Waals surface area contributed by atoms with Gasteiger partial charge in [-0.2, -0.15) is 0 Å². The van der Waals surface area contributed by atoms with Gasteiger partial charge < -0.3 is 15.2 Å². The molecule has 1 atom stereocenters. The summed E-state index contributed by atoms with van der Waals surface area (Å²) in [6.07, 6.45) is -0.799. The van der Waals surface area contributed by atoms with Crippen molar-refractivity contribution in [2.24, 2.45) is 14.1 Å². The molecule has 7 heteroatoms. The quantitative estimate of drug-likeness (QED) is 0.426. The average molecular weight is 452 g/mol. The highest BCUT2D eigenvalue weighted by Gasteiger charge is 2.13. The molecule has 3 aromatic carbocycles. The Morgan fingerprint density at radius 3 is 2.44 bits per heavy atom. The fourth-order valence-electron chi connectivity index (χ4n) is 3.69. The van der Waals surface area contributed by atoms with Crippen molar-refractivity contribution in [2.45, 2.75) is 19.2 Å². The van der Waals surface area contributed by atoms with Crippen LogP contribution in [-0.2, 0) is 27.2 Å². The minimum absolute atomic E-state index is 0.0932. The summed E-state index contributed by atoms with van der Waals surface area (Å²) in [6.45, 7) is 1.53. The van der Waals surface area contributed by atoms with E-state index in [0.717, 1.165) is 27.2 Å². The van der Waals surface area contributed by atoms with Gasteiger partial charge in [-0.25, -0.2) is 4.79 Å². The number of hydrogen-bond donors (Lipinski definition) is 2. The van der Waals surface area contributed by atoms with E-state index in [2.05, 4.69) is 5.32 Å². The number of nitrogens with zero attached hydrogens (tertiary/aromatic N) is 2. The summed E-state index contributed by atoms with van der Waals surface area (Å²) in [7, 11) is 3.46. The average Bonchev–Trinajstić information content (AvgIpc) is 3.03. The molecule has 0 bridgehead atoms. The third-order valence-corrected chi connectivity index (χ3v) is 5.98. The zero-order chi connectivity index (χ0) is 22.7. The maximum atomic E-state index is 12.1. The van der Waals surface area contributed by atoms with Crippen LogP contribution in [0.2, 0.25) is 5.02 Å². The van der Waals surface area contributed by atoms with Crippen molar-refractivity contribution < 1.29 is 9.84 Å². The number of hydrogen-bond acceptors (Lipinski definition) is 4. The van der Waals surface area contributed by atoms with Crippen LogP contribution in [0.3, 0.4) is 0 Å². The van der Waals surface area contributed by atoms with E-state index < -0.39 is 6.10 Å². The third kappa shape index (κ3) is 4.72. The molecule has 0 aliphatic carbocycles. The van der Waals surface area contributed by atoms with Crippen LogP contribution in [0, 0.1) is 0 Å². The zero-order valence-corrected chi connectivity index (χ0v) is 18.8. The number of rotatable bonds is 8. The van der Waals surface area contributed by atoms with Crippen molar-refractivity contribution in [3.8, 4) is 5.75 Å². The van der Waals surface area contributed by atoms with Gasteiger partial charge >= 0.3 is 5.69 Å². The Bertz CT molecular complexity index is 1280. The maximum absolute atomic E-state index is 12.1. The van der Waals surface area contributed by atoms with Gasteiger partial charge in [-0.15, -0.1) is 0 Å². The molecule has 0 aliphatic rings. The topological polar surface area (TPSA) is 68.4 Å². The summed E-state index contributed by atoms with van der Waals surface area (Å²) in [5.41, 5.74) is 4.41.